The van der Waals surface area contributed by atoms with Crippen molar-refractivity contribution in [2.45, 2.75) is 19.8 Å². The molecule has 1 aromatic heterocycles. The fourth-order valence-corrected chi connectivity index (χ4v) is 3.80. The van der Waals surface area contributed by atoms with Crippen molar-refractivity contribution < 1.29 is 9.59 Å². The highest BCUT2D eigenvalue weighted by Crippen LogP contribution is 2.14. The molecule has 0 aliphatic rings. The van der Waals surface area contributed by atoms with Crippen LogP contribution in [0.3, 0.4) is 0 Å². The first-order valence-electron chi connectivity index (χ1n) is 11.5. The summed E-state index contributed by atoms with van der Waals surface area (Å²) in [4.78, 5) is 38.1. The number of aryl methyl sites for hydroxylation is 2. The molecule has 0 fully saturated rings. The molecule has 3 aromatic carbocycles. The number of amides is 2. The van der Waals surface area contributed by atoms with Crippen molar-refractivity contribution in [3.63, 3.8) is 0 Å². The number of anilines is 1. The second kappa shape index (κ2) is 11.1. The number of benzene rings is 3. The van der Waals surface area contributed by atoms with Crippen molar-refractivity contribution in [1.29, 1.82) is 0 Å². The molecule has 1 heterocycles. The summed E-state index contributed by atoms with van der Waals surface area (Å²) in [5.41, 5.74) is 3.69. The minimum atomic E-state index is -0.399. The van der Waals surface area contributed by atoms with E-state index < -0.39 is 5.56 Å². The number of nitrogens with zero attached hydrogens (tertiary/aromatic N) is 1. The standard InChI is InChI=1S/C29H27N3O3/c1-21-8-5-12-23(20-21)27(33)31-24-14-16-25(17-15-24)32-19-7-13-26(29(32)35)28(34)30-18-6-11-22-9-3-2-4-10-22/h2-5,7-10,12-17,19-20H,6,11,18H2,1H3,(H,30,34)(H,31,33). The number of nitrogens with one attached hydrogen (secondary N) is 2. The van der Waals surface area contributed by atoms with E-state index in [1.807, 2.05) is 43.3 Å². The normalized spacial score (nSPS) is 10.5. The van der Waals surface area contributed by atoms with Crippen LogP contribution in [0.1, 0.15) is 38.3 Å². The van der Waals surface area contributed by atoms with Crippen molar-refractivity contribution in [3.8, 4) is 5.69 Å². The van der Waals surface area contributed by atoms with Crippen molar-refractivity contribution >= 4 is 17.5 Å². The largest absolute Gasteiger partial charge is 0.352 e. The molecule has 6 heteroatoms. The van der Waals surface area contributed by atoms with Gasteiger partial charge in [-0.1, -0.05) is 48.0 Å². The van der Waals surface area contributed by atoms with Gasteiger partial charge in [-0.3, -0.25) is 19.0 Å². The van der Waals surface area contributed by atoms with Gasteiger partial charge in [-0.25, -0.2) is 0 Å². The number of hydrogen-bond acceptors (Lipinski definition) is 3. The van der Waals surface area contributed by atoms with Crippen LogP contribution in [0.15, 0.2) is 102 Å². The predicted octanol–water partition coefficient (Wildman–Crippen LogP) is 4.76. The minimum absolute atomic E-state index is 0.0871. The van der Waals surface area contributed by atoms with Gasteiger partial charge in [-0.2, -0.15) is 0 Å². The van der Waals surface area contributed by atoms with Crippen molar-refractivity contribution in [2.75, 3.05) is 11.9 Å². The van der Waals surface area contributed by atoms with E-state index in [1.54, 1.807) is 42.6 Å². The van der Waals surface area contributed by atoms with Gasteiger partial charge in [0.1, 0.15) is 5.56 Å². The number of carbonyl (C=O) groups is 2. The Labute approximate surface area is 204 Å². The molecule has 0 aliphatic heterocycles. The van der Waals surface area contributed by atoms with Crippen LogP contribution < -0.4 is 16.2 Å². The average Bonchev–Trinajstić information content (AvgIpc) is 2.88. The van der Waals surface area contributed by atoms with Gasteiger partial charge in [-0.15, -0.1) is 0 Å². The van der Waals surface area contributed by atoms with E-state index in [0.717, 1.165) is 18.4 Å². The lowest BCUT2D eigenvalue weighted by molar-refractivity contribution is 0.0950. The van der Waals surface area contributed by atoms with Gasteiger partial charge in [0.05, 0.1) is 0 Å². The zero-order chi connectivity index (χ0) is 24.6. The average molecular weight is 466 g/mol. The van der Waals surface area contributed by atoms with E-state index in [-0.39, 0.29) is 17.4 Å². The summed E-state index contributed by atoms with van der Waals surface area (Å²) in [6, 6.07) is 27.5. The van der Waals surface area contributed by atoms with E-state index in [9.17, 15) is 14.4 Å². The molecule has 4 rings (SSSR count). The predicted molar refractivity (Wildman–Crippen MR) is 138 cm³/mol. The highest BCUT2D eigenvalue weighted by molar-refractivity contribution is 6.04. The van der Waals surface area contributed by atoms with Crippen LogP contribution in [0.5, 0.6) is 0 Å². The molecule has 0 spiro atoms. The first kappa shape index (κ1) is 23.7. The fourth-order valence-electron chi connectivity index (χ4n) is 3.80. The molecule has 4 aromatic rings. The first-order valence-corrected chi connectivity index (χ1v) is 11.5. The molecule has 2 N–H and O–H groups in total. The molecule has 176 valence electrons. The van der Waals surface area contributed by atoms with Gasteiger partial charge in [0.2, 0.25) is 0 Å². The molecule has 0 saturated carbocycles. The van der Waals surface area contributed by atoms with Gasteiger partial charge < -0.3 is 10.6 Å². The quantitative estimate of drug-likeness (QED) is 0.368. The minimum Gasteiger partial charge on any atom is -0.352 e. The molecule has 6 nitrogen and oxygen atoms in total. The molecule has 0 bridgehead atoms. The Balaban J connectivity index is 1.39. The molecular formula is C29H27N3O3. The van der Waals surface area contributed by atoms with E-state index in [0.29, 0.717) is 23.5 Å². The summed E-state index contributed by atoms with van der Waals surface area (Å²) in [7, 11) is 0. The molecule has 0 saturated heterocycles. The molecule has 0 aliphatic carbocycles. The number of pyridine rings is 1. The number of hydrogen-bond donors (Lipinski definition) is 2. The molecule has 0 radical (unpaired) electrons. The van der Waals surface area contributed by atoms with E-state index in [2.05, 4.69) is 22.8 Å². The van der Waals surface area contributed by atoms with Gasteiger partial charge in [0.15, 0.2) is 0 Å². The summed E-state index contributed by atoms with van der Waals surface area (Å²) in [5.74, 6) is -0.594. The molecule has 2 amide bonds. The molecule has 35 heavy (non-hydrogen) atoms. The number of aromatic nitrogens is 1. The van der Waals surface area contributed by atoms with Crippen LogP contribution in [0, 0.1) is 6.92 Å². The zero-order valence-electron chi connectivity index (χ0n) is 19.5. The molecule has 0 atom stereocenters. The second-order valence-corrected chi connectivity index (χ2v) is 8.31. The Morgan fingerprint density at radius 2 is 1.60 bits per heavy atom. The van der Waals surface area contributed by atoms with Gasteiger partial charge in [0, 0.05) is 29.7 Å². The summed E-state index contributed by atoms with van der Waals surface area (Å²) in [6.45, 7) is 2.42. The van der Waals surface area contributed by atoms with E-state index in [1.165, 1.54) is 16.2 Å². The maximum Gasteiger partial charge on any atom is 0.267 e. The van der Waals surface area contributed by atoms with Crippen LogP contribution in [-0.2, 0) is 6.42 Å². The topological polar surface area (TPSA) is 80.2 Å². The van der Waals surface area contributed by atoms with E-state index in [4.69, 9.17) is 0 Å². The van der Waals surface area contributed by atoms with Crippen molar-refractivity contribution in [1.82, 2.24) is 9.88 Å². The van der Waals surface area contributed by atoms with Crippen LogP contribution in [-0.4, -0.2) is 22.9 Å². The summed E-state index contributed by atoms with van der Waals surface area (Å²) < 4.78 is 1.42. The second-order valence-electron chi connectivity index (χ2n) is 8.31. The highest BCUT2D eigenvalue weighted by Gasteiger charge is 2.13. The maximum atomic E-state index is 13.0. The zero-order valence-corrected chi connectivity index (χ0v) is 19.5. The summed E-state index contributed by atoms with van der Waals surface area (Å²) >= 11 is 0. The Hall–Kier alpha value is -4.45. The summed E-state index contributed by atoms with van der Waals surface area (Å²) in [6.07, 6.45) is 3.26. The molecule has 0 unspecified atom stereocenters. The number of carbonyl (C=O) groups excluding carboxylic acids is 2. The van der Waals surface area contributed by atoms with Gasteiger partial charge in [0.25, 0.3) is 17.4 Å². The molecular weight excluding hydrogens is 438 g/mol. The smallest absolute Gasteiger partial charge is 0.267 e. The highest BCUT2D eigenvalue weighted by atomic mass is 16.2. The Kier molecular flexibility index (Phi) is 7.53. The third kappa shape index (κ3) is 6.12. The van der Waals surface area contributed by atoms with Gasteiger partial charge >= 0.3 is 0 Å². The maximum absolute atomic E-state index is 13.0. The van der Waals surface area contributed by atoms with Crippen molar-refractivity contribution in [2.24, 2.45) is 0 Å². The monoisotopic (exact) mass is 465 g/mol. The van der Waals surface area contributed by atoms with Crippen molar-refractivity contribution in [3.05, 3.63) is 130 Å². The lowest BCUT2D eigenvalue weighted by Crippen LogP contribution is -2.32. The van der Waals surface area contributed by atoms with Crippen LogP contribution in [0.2, 0.25) is 0 Å². The Morgan fingerprint density at radius 1 is 0.829 bits per heavy atom. The summed E-state index contributed by atoms with van der Waals surface area (Å²) in [5, 5.41) is 5.70. The fraction of sp³-hybridized carbons (Fsp3) is 0.138. The first-order chi connectivity index (χ1) is 17.0. The lowest BCUT2D eigenvalue weighted by atomic mass is 10.1. The van der Waals surface area contributed by atoms with Crippen LogP contribution in [0.25, 0.3) is 5.69 Å². The Morgan fingerprint density at radius 3 is 2.34 bits per heavy atom. The lowest BCUT2D eigenvalue weighted by Gasteiger charge is -2.10. The van der Waals surface area contributed by atoms with Crippen LogP contribution >= 0.6 is 0 Å². The van der Waals surface area contributed by atoms with Crippen LogP contribution in [0.4, 0.5) is 5.69 Å². The SMILES string of the molecule is Cc1cccc(C(=O)Nc2ccc(-n3cccc(C(=O)NCCCc4ccccc4)c3=O)cc2)c1. The Bertz CT molecular complexity index is 1380. The van der Waals surface area contributed by atoms with Gasteiger partial charge in [-0.05, 0) is 73.9 Å². The third-order valence-corrected chi connectivity index (χ3v) is 5.65. The van der Waals surface area contributed by atoms with E-state index >= 15 is 0 Å². The third-order valence-electron chi connectivity index (χ3n) is 5.65. The number of rotatable bonds is 8.